The van der Waals surface area contributed by atoms with E-state index in [-0.39, 0.29) is 11.8 Å². The van der Waals surface area contributed by atoms with Gasteiger partial charge in [-0.15, -0.1) is 23.1 Å². The summed E-state index contributed by atoms with van der Waals surface area (Å²) in [4.78, 5) is 29.2. The van der Waals surface area contributed by atoms with Crippen molar-refractivity contribution in [3.05, 3.63) is 45.6 Å². The molecule has 1 N–H and O–H groups in total. The van der Waals surface area contributed by atoms with Crippen LogP contribution in [-0.2, 0) is 11.2 Å². The minimum absolute atomic E-state index is 0.0577. The van der Waals surface area contributed by atoms with Crippen LogP contribution >= 0.6 is 23.1 Å². The van der Waals surface area contributed by atoms with E-state index in [4.69, 9.17) is 4.74 Å². The van der Waals surface area contributed by atoms with E-state index in [2.05, 4.69) is 12.2 Å². The molecule has 0 saturated carbocycles. The lowest BCUT2D eigenvalue weighted by Gasteiger charge is -2.22. The molecule has 0 bridgehead atoms. The van der Waals surface area contributed by atoms with Gasteiger partial charge < -0.3 is 15.0 Å². The topological polar surface area (TPSA) is 58.6 Å². The van der Waals surface area contributed by atoms with Crippen molar-refractivity contribution >= 4 is 40.6 Å². The molecule has 1 aliphatic rings. The standard InChI is InChI=1S/C19H22N2O3S2/c1-4-13-9-17(26-12(13)2)19(23)21-11-25-10-16(21)18(22)20-14-5-7-15(24-3)8-6-14/h5-9,16H,4,10-11H2,1-3H3,(H,20,22). The molecule has 7 heteroatoms. The third kappa shape index (κ3) is 3.88. The summed E-state index contributed by atoms with van der Waals surface area (Å²) >= 11 is 3.11. The molecule has 1 fully saturated rings. The molecule has 5 nitrogen and oxygen atoms in total. The molecule has 1 unspecified atom stereocenters. The van der Waals surface area contributed by atoms with Crippen molar-refractivity contribution in [2.75, 3.05) is 24.1 Å². The number of methoxy groups -OCH3 is 1. The first-order valence-corrected chi connectivity index (χ1v) is 10.4. The molecule has 2 amide bonds. The Kier molecular flexibility index (Phi) is 5.88. The Balaban J connectivity index is 1.71. The predicted molar refractivity (Wildman–Crippen MR) is 107 cm³/mol. The summed E-state index contributed by atoms with van der Waals surface area (Å²) in [5.74, 6) is 1.67. The number of rotatable bonds is 5. The van der Waals surface area contributed by atoms with Crippen LogP contribution in [0.5, 0.6) is 5.75 Å². The quantitative estimate of drug-likeness (QED) is 0.844. The molecule has 1 saturated heterocycles. The van der Waals surface area contributed by atoms with E-state index in [1.165, 1.54) is 21.8 Å². The van der Waals surface area contributed by atoms with E-state index in [9.17, 15) is 9.59 Å². The number of ether oxygens (including phenoxy) is 1. The number of nitrogens with one attached hydrogen (secondary N) is 1. The molecule has 2 aromatic rings. The highest BCUT2D eigenvalue weighted by atomic mass is 32.2. The third-order valence-electron chi connectivity index (χ3n) is 4.42. The molecule has 26 heavy (non-hydrogen) atoms. The first-order chi connectivity index (χ1) is 12.5. The van der Waals surface area contributed by atoms with Crippen LogP contribution in [0, 0.1) is 6.92 Å². The van der Waals surface area contributed by atoms with Crippen molar-refractivity contribution < 1.29 is 14.3 Å². The van der Waals surface area contributed by atoms with Gasteiger partial charge in [-0.2, -0.15) is 0 Å². The van der Waals surface area contributed by atoms with Gasteiger partial charge in [0, 0.05) is 16.3 Å². The van der Waals surface area contributed by atoms with Crippen LogP contribution in [-0.4, -0.2) is 41.5 Å². The van der Waals surface area contributed by atoms with Crippen molar-refractivity contribution in [2.45, 2.75) is 26.3 Å². The Bertz CT molecular complexity index is 802. The van der Waals surface area contributed by atoms with Gasteiger partial charge in [-0.3, -0.25) is 9.59 Å². The second kappa shape index (κ2) is 8.14. The predicted octanol–water partition coefficient (Wildman–Crippen LogP) is 3.78. The molecule has 138 valence electrons. The molecular formula is C19H22N2O3S2. The third-order valence-corrected chi connectivity index (χ3v) is 6.51. The number of aryl methyl sites for hydroxylation is 2. The number of hydrogen-bond donors (Lipinski definition) is 1. The van der Waals surface area contributed by atoms with Gasteiger partial charge in [-0.05, 0) is 49.2 Å². The van der Waals surface area contributed by atoms with Crippen LogP contribution in [0.3, 0.4) is 0 Å². The number of thiophene rings is 1. The molecule has 0 aliphatic carbocycles. The minimum Gasteiger partial charge on any atom is -0.497 e. The number of carbonyl (C=O) groups is 2. The van der Waals surface area contributed by atoms with Crippen molar-refractivity contribution in [2.24, 2.45) is 0 Å². The maximum absolute atomic E-state index is 12.9. The summed E-state index contributed by atoms with van der Waals surface area (Å²) in [7, 11) is 1.60. The summed E-state index contributed by atoms with van der Waals surface area (Å²) in [6.07, 6.45) is 0.908. The van der Waals surface area contributed by atoms with Crippen LogP contribution < -0.4 is 10.1 Å². The fourth-order valence-electron chi connectivity index (χ4n) is 2.88. The zero-order valence-electron chi connectivity index (χ0n) is 15.1. The Labute approximate surface area is 161 Å². The van der Waals surface area contributed by atoms with Crippen LogP contribution in [0.25, 0.3) is 0 Å². The molecular weight excluding hydrogens is 368 g/mol. The summed E-state index contributed by atoms with van der Waals surface area (Å²) in [5.41, 5.74) is 1.89. The second-order valence-corrected chi connectivity index (χ2v) is 8.31. The van der Waals surface area contributed by atoms with Crippen molar-refractivity contribution in [3.63, 3.8) is 0 Å². The first kappa shape index (κ1) is 18.8. The van der Waals surface area contributed by atoms with Gasteiger partial charge in [0.2, 0.25) is 5.91 Å². The Morgan fingerprint density at radius 3 is 2.65 bits per heavy atom. The molecule has 0 spiro atoms. The van der Waals surface area contributed by atoms with Crippen molar-refractivity contribution in [1.82, 2.24) is 4.90 Å². The number of nitrogens with zero attached hydrogens (tertiary/aromatic N) is 1. The van der Waals surface area contributed by atoms with E-state index >= 15 is 0 Å². The van der Waals surface area contributed by atoms with Gasteiger partial charge in [-0.1, -0.05) is 6.92 Å². The molecule has 1 aromatic carbocycles. The number of amides is 2. The molecule has 2 heterocycles. The molecule has 0 radical (unpaired) electrons. The summed E-state index contributed by atoms with van der Waals surface area (Å²) in [5, 5.41) is 2.90. The van der Waals surface area contributed by atoms with E-state index < -0.39 is 6.04 Å². The lowest BCUT2D eigenvalue weighted by Crippen LogP contribution is -2.44. The molecule has 1 atom stereocenters. The van der Waals surface area contributed by atoms with Crippen molar-refractivity contribution in [1.29, 1.82) is 0 Å². The Morgan fingerprint density at radius 1 is 1.31 bits per heavy atom. The van der Waals surface area contributed by atoms with Crippen molar-refractivity contribution in [3.8, 4) is 5.75 Å². The average Bonchev–Trinajstić information content (AvgIpc) is 3.28. The SMILES string of the molecule is CCc1cc(C(=O)N2CSCC2C(=O)Nc2ccc(OC)cc2)sc1C. The Morgan fingerprint density at radius 2 is 2.04 bits per heavy atom. The summed E-state index contributed by atoms with van der Waals surface area (Å²) in [6.45, 7) is 4.12. The number of thioether (sulfide) groups is 1. The molecule has 3 rings (SSSR count). The van der Waals surface area contributed by atoms with E-state index in [0.717, 1.165) is 12.2 Å². The fraction of sp³-hybridized carbons (Fsp3) is 0.368. The smallest absolute Gasteiger partial charge is 0.265 e. The zero-order chi connectivity index (χ0) is 18.7. The summed E-state index contributed by atoms with van der Waals surface area (Å²) < 4.78 is 5.12. The van der Waals surface area contributed by atoms with E-state index in [0.29, 0.717) is 22.2 Å². The lowest BCUT2D eigenvalue weighted by atomic mass is 10.2. The maximum Gasteiger partial charge on any atom is 0.265 e. The summed E-state index contributed by atoms with van der Waals surface area (Å²) in [6, 6.07) is 8.68. The first-order valence-electron chi connectivity index (χ1n) is 8.46. The van der Waals surface area contributed by atoms with Gasteiger partial charge in [0.25, 0.3) is 5.91 Å². The van der Waals surface area contributed by atoms with E-state index in [1.807, 2.05) is 13.0 Å². The maximum atomic E-state index is 12.9. The van der Waals surface area contributed by atoms with E-state index in [1.54, 1.807) is 48.0 Å². The largest absolute Gasteiger partial charge is 0.497 e. The fourth-order valence-corrected chi connectivity index (χ4v) is 5.10. The lowest BCUT2D eigenvalue weighted by molar-refractivity contribution is -0.119. The molecule has 1 aliphatic heterocycles. The number of anilines is 1. The van der Waals surface area contributed by atoms with Gasteiger partial charge in [0.15, 0.2) is 0 Å². The number of benzene rings is 1. The average molecular weight is 391 g/mol. The Hall–Kier alpha value is -1.99. The highest BCUT2D eigenvalue weighted by Gasteiger charge is 2.35. The minimum atomic E-state index is -0.456. The highest BCUT2D eigenvalue weighted by Crippen LogP contribution is 2.29. The van der Waals surface area contributed by atoms with Crippen LogP contribution in [0.1, 0.15) is 27.0 Å². The normalized spacial score (nSPS) is 16.6. The van der Waals surface area contributed by atoms with Crippen LogP contribution in [0.2, 0.25) is 0 Å². The number of carbonyl (C=O) groups excluding carboxylic acids is 2. The molecule has 1 aromatic heterocycles. The van der Waals surface area contributed by atoms with Gasteiger partial charge in [-0.25, -0.2) is 0 Å². The van der Waals surface area contributed by atoms with Gasteiger partial charge in [0.05, 0.1) is 17.9 Å². The van der Waals surface area contributed by atoms with Gasteiger partial charge in [0.1, 0.15) is 11.8 Å². The second-order valence-electron chi connectivity index (χ2n) is 6.05. The van der Waals surface area contributed by atoms with Gasteiger partial charge >= 0.3 is 0 Å². The van der Waals surface area contributed by atoms with Crippen LogP contribution in [0.15, 0.2) is 30.3 Å². The monoisotopic (exact) mass is 390 g/mol. The van der Waals surface area contributed by atoms with Crippen LogP contribution in [0.4, 0.5) is 5.69 Å². The zero-order valence-corrected chi connectivity index (χ0v) is 16.7. The highest BCUT2D eigenvalue weighted by molar-refractivity contribution is 7.99. The number of hydrogen-bond acceptors (Lipinski definition) is 5.